The van der Waals surface area contributed by atoms with Gasteiger partial charge in [-0.25, -0.2) is 4.39 Å². The van der Waals surface area contributed by atoms with E-state index in [0.29, 0.717) is 11.5 Å². The maximum absolute atomic E-state index is 13.3. The number of hydrogen-bond donors (Lipinski definition) is 0. The van der Waals surface area contributed by atoms with Crippen LogP contribution in [0.4, 0.5) is 4.39 Å². The lowest BCUT2D eigenvalue weighted by atomic mass is 10.0. The minimum atomic E-state index is -0.288. The average molecular weight is 370 g/mol. The minimum Gasteiger partial charge on any atom is -0.360 e. The number of pyridine rings is 1. The molecule has 0 aliphatic rings. The van der Waals surface area contributed by atoms with Gasteiger partial charge in [0, 0.05) is 22.9 Å². The van der Waals surface area contributed by atoms with Crippen molar-refractivity contribution in [1.29, 1.82) is 0 Å². The first kappa shape index (κ1) is 16.4. The number of halogens is 1. The summed E-state index contributed by atoms with van der Waals surface area (Å²) in [4.78, 5) is 0. The lowest BCUT2D eigenvalue weighted by molar-refractivity contribution is 0.400. The third-order valence-corrected chi connectivity index (χ3v) is 4.70. The first-order valence-corrected chi connectivity index (χ1v) is 8.83. The fourth-order valence-corrected chi connectivity index (χ4v) is 3.34. The lowest BCUT2D eigenvalue weighted by Gasteiger charge is -2.06. The molecule has 0 fully saturated rings. The Kier molecular flexibility index (Phi) is 3.76. The summed E-state index contributed by atoms with van der Waals surface area (Å²) in [6.07, 6.45) is 1.98. The fraction of sp³-hybridized carbons (Fsp3) is 0.0455. The molecule has 0 saturated heterocycles. The van der Waals surface area contributed by atoms with E-state index in [1.807, 2.05) is 60.0 Å². The SMILES string of the molecule is Cc1onc(-c2ccc(F)cc2)c1-c1ccc2nnc(-c3ccccc3)n2c1. The zero-order chi connectivity index (χ0) is 19.1. The largest absolute Gasteiger partial charge is 0.360 e. The van der Waals surface area contributed by atoms with E-state index in [0.717, 1.165) is 33.7 Å². The molecule has 2 aromatic carbocycles. The highest BCUT2D eigenvalue weighted by Gasteiger charge is 2.18. The summed E-state index contributed by atoms with van der Waals surface area (Å²) in [5, 5.41) is 12.8. The van der Waals surface area contributed by atoms with Crippen LogP contribution < -0.4 is 0 Å². The van der Waals surface area contributed by atoms with Crippen LogP contribution in [0.2, 0.25) is 0 Å². The first-order chi connectivity index (χ1) is 13.7. The molecular formula is C22H15FN4O. The first-order valence-electron chi connectivity index (χ1n) is 8.83. The van der Waals surface area contributed by atoms with Crippen molar-refractivity contribution in [2.75, 3.05) is 0 Å². The summed E-state index contributed by atoms with van der Waals surface area (Å²) >= 11 is 0. The Labute approximate surface area is 160 Å². The Morgan fingerprint density at radius 1 is 0.821 bits per heavy atom. The van der Waals surface area contributed by atoms with Crippen LogP contribution in [0.3, 0.4) is 0 Å². The second kappa shape index (κ2) is 6.42. The van der Waals surface area contributed by atoms with Crippen molar-refractivity contribution < 1.29 is 8.91 Å². The van der Waals surface area contributed by atoms with Gasteiger partial charge in [0.15, 0.2) is 11.5 Å². The number of aromatic nitrogens is 4. The normalized spacial score (nSPS) is 11.2. The molecular weight excluding hydrogens is 355 g/mol. The maximum Gasteiger partial charge on any atom is 0.168 e. The van der Waals surface area contributed by atoms with Crippen LogP contribution in [0.25, 0.3) is 39.4 Å². The molecule has 28 heavy (non-hydrogen) atoms. The number of aryl methyl sites for hydroxylation is 1. The van der Waals surface area contributed by atoms with Gasteiger partial charge in [0.1, 0.15) is 17.3 Å². The summed E-state index contributed by atoms with van der Waals surface area (Å²) in [6, 6.07) is 20.0. The van der Waals surface area contributed by atoms with Crippen molar-refractivity contribution in [3.05, 3.63) is 84.5 Å². The average Bonchev–Trinajstić information content (AvgIpc) is 3.32. The quantitative estimate of drug-likeness (QED) is 0.440. The molecule has 0 aliphatic carbocycles. The molecule has 5 aromatic rings. The zero-order valence-corrected chi connectivity index (χ0v) is 15.0. The number of benzene rings is 2. The summed E-state index contributed by atoms with van der Waals surface area (Å²) in [7, 11) is 0. The topological polar surface area (TPSA) is 56.2 Å². The van der Waals surface area contributed by atoms with Gasteiger partial charge >= 0.3 is 0 Å². The number of nitrogens with zero attached hydrogens (tertiary/aromatic N) is 4. The van der Waals surface area contributed by atoms with E-state index in [1.165, 1.54) is 12.1 Å². The van der Waals surface area contributed by atoms with Crippen molar-refractivity contribution in [2.24, 2.45) is 0 Å². The molecule has 0 spiro atoms. The van der Waals surface area contributed by atoms with Crippen molar-refractivity contribution in [3.63, 3.8) is 0 Å². The Bertz CT molecular complexity index is 1270. The van der Waals surface area contributed by atoms with Gasteiger partial charge in [-0.15, -0.1) is 10.2 Å². The third kappa shape index (κ3) is 2.66. The van der Waals surface area contributed by atoms with Crippen molar-refractivity contribution in [2.45, 2.75) is 6.92 Å². The van der Waals surface area contributed by atoms with Crippen LogP contribution in [0.1, 0.15) is 5.76 Å². The Balaban J connectivity index is 1.69. The molecule has 3 aromatic heterocycles. The molecule has 6 heteroatoms. The molecule has 136 valence electrons. The van der Waals surface area contributed by atoms with Gasteiger partial charge in [-0.05, 0) is 43.3 Å². The Morgan fingerprint density at radius 2 is 1.57 bits per heavy atom. The summed E-state index contributed by atoms with van der Waals surface area (Å²) in [5.41, 5.74) is 4.98. The predicted molar refractivity (Wildman–Crippen MR) is 104 cm³/mol. The molecule has 0 bridgehead atoms. The molecule has 0 aliphatic heterocycles. The van der Waals surface area contributed by atoms with Crippen LogP contribution >= 0.6 is 0 Å². The van der Waals surface area contributed by atoms with E-state index in [4.69, 9.17) is 4.52 Å². The molecule has 0 unspecified atom stereocenters. The molecule has 0 amide bonds. The second-order valence-corrected chi connectivity index (χ2v) is 6.50. The smallest absolute Gasteiger partial charge is 0.168 e. The zero-order valence-electron chi connectivity index (χ0n) is 15.0. The molecule has 0 saturated carbocycles. The van der Waals surface area contributed by atoms with Gasteiger partial charge in [-0.1, -0.05) is 35.5 Å². The van der Waals surface area contributed by atoms with Gasteiger partial charge in [-0.3, -0.25) is 4.40 Å². The van der Waals surface area contributed by atoms with E-state index in [-0.39, 0.29) is 5.82 Å². The van der Waals surface area contributed by atoms with Crippen molar-refractivity contribution in [3.8, 4) is 33.8 Å². The summed E-state index contributed by atoms with van der Waals surface area (Å²) in [6.45, 7) is 1.86. The highest BCUT2D eigenvalue weighted by atomic mass is 19.1. The lowest BCUT2D eigenvalue weighted by Crippen LogP contribution is -1.92. The van der Waals surface area contributed by atoms with Gasteiger partial charge in [0.2, 0.25) is 0 Å². The molecule has 0 radical (unpaired) electrons. The van der Waals surface area contributed by atoms with Gasteiger partial charge < -0.3 is 4.52 Å². The van der Waals surface area contributed by atoms with E-state index < -0.39 is 0 Å². The van der Waals surface area contributed by atoms with E-state index >= 15 is 0 Å². The summed E-state index contributed by atoms with van der Waals surface area (Å²) in [5.74, 6) is 1.16. The Morgan fingerprint density at radius 3 is 2.36 bits per heavy atom. The molecule has 3 heterocycles. The number of hydrogen-bond acceptors (Lipinski definition) is 4. The van der Waals surface area contributed by atoms with Crippen LogP contribution in [0.15, 0.2) is 77.4 Å². The maximum atomic E-state index is 13.3. The van der Waals surface area contributed by atoms with Gasteiger partial charge in [0.25, 0.3) is 0 Å². The molecule has 5 nitrogen and oxygen atoms in total. The summed E-state index contributed by atoms with van der Waals surface area (Å²) < 4.78 is 20.7. The van der Waals surface area contributed by atoms with Gasteiger partial charge in [-0.2, -0.15) is 0 Å². The van der Waals surface area contributed by atoms with E-state index in [2.05, 4.69) is 15.4 Å². The van der Waals surface area contributed by atoms with Crippen molar-refractivity contribution >= 4 is 5.65 Å². The predicted octanol–water partition coefficient (Wildman–Crippen LogP) is 5.17. The molecule has 0 N–H and O–H groups in total. The number of fused-ring (bicyclic) bond motifs is 1. The second-order valence-electron chi connectivity index (χ2n) is 6.50. The fourth-order valence-electron chi connectivity index (χ4n) is 3.34. The van der Waals surface area contributed by atoms with Crippen LogP contribution in [-0.2, 0) is 0 Å². The van der Waals surface area contributed by atoms with E-state index in [9.17, 15) is 4.39 Å². The minimum absolute atomic E-state index is 0.288. The van der Waals surface area contributed by atoms with Crippen LogP contribution in [-0.4, -0.2) is 19.8 Å². The van der Waals surface area contributed by atoms with Crippen molar-refractivity contribution in [1.82, 2.24) is 19.8 Å². The molecule has 0 atom stereocenters. The van der Waals surface area contributed by atoms with Gasteiger partial charge in [0.05, 0.1) is 5.56 Å². The van der Waals surface area contributed by atoms with Crippen LogP contribution in [0.5, 0.6) is 0 Å². The Hall–Kier alpha value is -3.80. The highest BCUT2D eigenvalue weighted by Crippen LogP contribution is 2.35. The highest BCUT2D eigenvalue weighted by molar-refractivity contribution is 5.82. The van der Waals surface area contributed by atoms with Crippen LogP contribution in [0, 0.1) is 12.7 Å². The third-order valence-electron chi connectivity index (χ3n) is 4.70. The number of rotatable bonds is 3. The standard InChI is InChI=1S/C22H15FN4O/c1-14-20(21(26-28-14)15-7-10-18(23)11-8-15)17-9-12-19-24-25-22(27(19)13-17)16-5-3-2-4-6-16/h2-13H,1H3. The monoisotopic (exact) mass is 370 g/mol. The van der Waals surface area contributed by atoms with E-state index in [1.54, 1.807) is 12.1 Å². The molecule has 5 rings (SSSR count).